The van der Waals surface area contributed by atoms with Gasteiger partial charge in [0.2, 0.25) is 6.39 Å². The Morgan fingerprint density at radius 1 is 1.37 bits per heavy atom. The maximum Gasteiger partial charge on any atom is 0.354 e. The standard InChI is InChI=1S/C11H10N4O4/c16-10(13-4-2-9-14-6-19-15-9)7-1-3-12-8(5-7)11(17)18/h1,3,5-6H,2,4H2,(H,13,16)(H,17,18). The van der Waals surface area contributed by atoms with Crippen LogP contribution in [0.2, 0.25) is 0 Å². The van der Waals surface area contributed by atoms with E-state index in [0.29, 0.717) is 18.8 Å². The molecule has 0 spiro atoms. The normalized spacial score (nSPS) is 10.1. The average Bonchev–Trinajstić information content (AvgIpc) is 2.92. The Morgan fingerprint density at radius 3 is 2.89 bits per heavy atom. The summed E-state index contributed by atoms with van der Waals surface area (Å²) in [5, 5.41) is 15.0. The Bertz CT molecular complexity index is 582. The van der Waals surface area contributed by atoms with Gasteiger partial charge in [0.1, 0.15) is 5.69 Å². The second-order valence-electron chi connectivity index (χ2n) is 3.59. The third kappa shape index (κ3) is 3.35. The summed E-state index contributed by atoms with van der Waals surface area (Å²) >= 11 is 0. The molecule has 2 heterocycles. The molecular formula is C11H10N4O4. The average molecular weight is 262 g/mol. The van der Waals surface area contributed by atoms with Gasteiger partial charge in [-0.15, -0.1) is 0 Å². The smallest absolute Gasteiger partial charge is 0.354 e. The van der Waals surface area contributed by atoms with Crippen LogP contribution in [0.5, 0.6) is 0 Å². The van der Waals surface area contributed by atoms with Crippen LogP contribution < -0.4 is 5.32 Å². The number of nitrogens with zero attached hydrogens (tertiary/aromatic N) is 3. The minimum Gasteiger partial charge on any atom is -0.477 e. The molecule has 0 fully saturated rings. The number of carbonyl (C=O) groups excluding carboxylic acids is 1. The van der Waals surface area contributed by atoms with Crippen molar-refractivity contribution in [3.63, 3.8) is 0 Å². The molecule has 8 nitrogen and oxygen atoms in total. The third-order valence-corrected chi connectivity index (χ3v) is 2.28. The maximum atomic E-state index is 11.8. The summed E-state index contributed by atoms with van der Waals surface area (Å²) in [7, 11) is 0. The quantitative estimate of drug-likeness (QED) is 0.786. The fraction of sp³-hybridized carbons (Fsp3) is 0.182. The van der Waals surface area contributed by atoms with Crippen molar-refractivity contribution in [3.8, 4) is 0 Å². The van der Waals surface area contributed by atoms with Gasteiger partial charge in [-0.05, 0) is 12.1 Å². The summed E-state index contributed by atoms with van der Waals surface area (Å²) in [5.41, 5.74) is 0.0614. The number of aromatic nitrogens is 3. The van der Waals surface area contributed by atoms with Crippen molar-refractivity contribution in [2.24, 2.45) is 0 Å². The van der Waals surface area contributed by atoms with Crippen molar-refractivity contribution in [1.29, 1.82) is 0 Å². The number of carbonyl (C=O) groups is 2. The molecule has 0 unspecified atom stereocenters. The second kappa shape index (κ2) is 5.71. The molecule has 0 saturated heterocycles. The van der Waals surface area contributed by atoms with Gasteiger partial charge in [-0.25, -0.2) is 9.78 Å². The monoisotopic (exact) mass is 262 g/mol. The van der Waals surface area contributed by atoms with Crippen molar-refractivity contribution in [2.45, 2.75) is 6.42 Å². The van der Waals surface area contributed by atoms with E-state index in [1.807, 2.05) is 0 Å². The largest absolute Gasteiger partial charge is 0.477 e. The zero-order valence-electron chi connectivity index (χ0n) is 9.74. The summed E-state index contributed by atoms with van der Waals surface area (Å²) in [6.07, 6.45) is 2.91. The lowest BCUT2D eigenvalue weighted by Crippen LogP contribution is -2.26. The number of pyridine rings is 1. The second-order valence-corrected chi connectivity index (χ2v) is 3.59. The number of carboxylic acid groups (broad SMARTS) is 1. The molecule has 2 rings (SSSR count). The summed E-state index contributed by atoms with van der Waals surface area (Å²) < 4.78 is 4.55. The zero-order chi connectivity index (χ0) is 13.7. The summed E-state index contributed by atoms with van der Waals surface area (Å²) in [6.45, 7) is 0.323. The van der Waals surface area contributed by atoms with Gasteiger partial charge in [0.15, 0.2) is 5.82 Å². The van der Waals surface area contributed by atoms with Crippen LogP contribution in [-0.4, -0.2) is 38.7 Å². The number of rotatable bonds is 5. The number of aromatic carboxylic acids is 1. The van der Waals surface area contributed by atoms with Gasteiger partial charge >= 0.3 is 5.97 Å². The molecule has 0 saturated carbocycles. The highest BCUT2D eigenvalue weighted by atomic mass is 16.5. The van der Waals surface area contributed by atoms with Gasteiger partial charge in [0.05, 0.1) is 0 Å². The van der Waals surface area contributed by atoms with Crippen LogP contribution in [0.15, 0.2) is 29.2 Å². The SMILES string of the molecule is O=C(NCCc1ncon1)c1ccnc(C(=O)O)c1. The van der Waals surface area contributed by atoms with E-state index in [-0.39, 0.29) is 17.2 Å². The molecule has 0 aliphatic rings. The molecule has 0 aromatic carbocycles. The Hall–Kier alpha value is -2.77. The molecular weight excluding hydrogens is 252 g/mol. The number of hydrogen-bond donors (Lipinski definition) is 2. The lowest BCUT2D eigenvalue weighted by molar-refractivity contribution is 0.0690. The Kier molecular flexibility index (Phi) is 3.81. The minimum absolute atomic E-state index is 0.175. The third-order valence-electron chi connectivity index (χ3n) is 2.28. The molecule has 8 heteroatoms. The number of amides is 1. The van der Waals surface area contributed by atoms with Crippen LogP contribution in [0.3, 0.4) is 0 Å². The van der Waals surface area contributed by atoms with Gasteiger partial charge in [-0.2, -0.15) is 4.98 Å². The summed E-state index contributed by atoms with van der Waals surface area (Å²) in [6, 6.07) is 2.65. The van der Waals surface area contributed by atoms with Crippen LogP contribution in [-0.2, 0) is 6.42 Å². The van der Waals surface area contributed by atoms with Crippen LogP contribution >= 0.6 is 0 Å². The van der Waals surface area contributed by atoms with Crippen LogP contribution in [0.4, 0.5) is 0 Å². The van der Waals surface area contributed by atoms with E-state index in [1.54, 1.807) is 0 Å². The number of carboxylic acids is 1. The molecule has 2 N–H and O–H groups in total. The molecule has 19 heavy (non-hydrogen) atoms. The van der Waals surface area contributed by atoms with E-state index < -0.39 is 5.97 Å². The molecule has 0 aliphatic carbocycles. The molecule has 2 aromatic rings. The van der Waals surface area contributed by atoms with Crippen LogP contribution in [0.1, 0.15) is 26.7 Å². The van der Waals surface area contributed by atoms with Crippen LogP contribution in [0, 0.1) is 0 Å². The Balaban J connectivity index is 1.92. The van der Waals surface area contributed by atoms with Gasteiger partial charge in [-0.1, -0.05) is 5.16 Å². The molecule has 0 aliphatic heterocycles. The predicted octanol–water partition coefficient (Wildman–Crippen LogP) is 0.135. The molecule has 0 atom stereocenters. The summed E-state index contributed by atoms with van der Waals surface area (Å²) in [4.78, 5) is 29.9. The van der Waals surface area contributed by atoms with E-state index in [9.17, 15) is 9.59 Å². The first kappa shape index (κ1) is 12.7. The van der Waals surface area contributed by atoms with Crippen molar-refractivity contribution in [3.05, 3.63) is 41.8 Å². The topological polar surface area (TPSA) is 118 Å². The lowest BCUT2D eigenvalue weighted by Gasteiger charge is -2.03. The fourth-order valence-electron chi connectivity index (χ4n) is 1.38. The highest BCUT2D eigenvalue weighted by molar-refractivity contribution is 5.96. The molecule has 2 aromatic heterocycles. The van der Waals surface area contributed by atoms with Crippen molar-refractivity contribution in [2.75, 3.05) is 6.54 Å². The van der Waals surface area contributed by atoms with Gasteiger partial charge in [0.25, 0.3) is 5.91 Å². The molecule has 1 amide bonds. The Labute approximate surface area is 107 Å². The summed E-state index contributed by atoms with van der Waals surface area (Å²) in [5.74, 6) is -1.07. The maximum absolute atomic E-state index is 11.8. The lowest BCUT2D eigenvalue weighted by atomic mass is 10.2. The first-order valence-corrected chi connectivity index (χ1v) is 5.39. The molecule has 0 radical (unpaired) electrons. The first-order chi connectivity index (χ1) is 9.16. The van der Waals surface area contributed by atoms with Gasteiger partial charge in [0, 0.05) is 24.7 Å². The van der Waals surface area contributed by atoms with Gasteiger partial charge < -0.3 is 14.9 Å². The Morgan fingerprint density at radius 2 is 2.21 bits per heavy atom. The van der Waals surface area contributed by atoms with E-state index in [2.05, 4.69) is 25.0 Å². The van der Waals surface area contributed by atoms with E-state index in [0.717, 1.165) is 0 Å². The minimum atomic E-state index is -1.18. The van der Waals surface area contributed by atoms with Gasteiger partial charge in [-0.3, -0.25) is 4.79 Å². The van der Waals surface area contributed by atoms with Crippen molar-refractivity contribution in [1.82, 2.24) is 20.4 Å². The molecule has 98 valence electrons. The van der Waals surface area contributed by atoms with Crippen molar-refractivity contribution < 1.29 is 19.2 Å². The highest BCUT2D eigenvalue weighted by Gasteiger charge is 2.10. The predicted molar refractivity (Wildman–Crippen MR) is 61.5 cm³/mol. The highest BCUT2D eigenvalue weighted by Crippen LogP contribution is 2.02. The first-order valence-electron chi connectivity index (χ1n) is 5.39. The van der Waals surface area contributed by atoms with Crippen molar-refractivity contribution >= 4 is 11.9 Å². The van der Waals surface area contributed by atoms with E-state index >= 15 is 0 Å². The zero-order valence-corrected chi connectivity index (χ0v) is 9.74. The number of hydrogen-bond acceptors (Lipinski definition) is 6. The van der Waals surface area contributed by atoms with Crippen LogP contribution in [0.25, 0.3) is 0 Å². The van der Waals surface area contributed by atoms with E-state index in [1.165, 1.54) is 24.7 Å². The fourth-order valence-corrected chi connectivity index (χ4v) is 1.38. The number of nitrogens with one attached hydrogen (secondary N) is 1. The van der Waals surface area contributed by atoms with E-state index in [4.69, 9.17) is 5.11 Å². The molecule has 0 bridgehead atoms.